The lowest BCUT2D eigenvalue weighted by Gasteiger charge is -2.36. The molecule has 1 aliphatic rings. The lowest BCUT2D eigenvalue weighted by molar-refractivity contribution is -0.0688. The summed E-state index contributed by atoms with van der Waals surface area (Å²) < 4.78 is 42.5. The summed E-state index contributed by atoms with van der Waals surface area (Å²) in [7, 11) is 3.81. The van der Waals surface area contributed by atoms with Crippen LogP contribution in [0, 0.1) is 0 Å². The predicted molar refractivity (Wildman–Crippen MR) is 140 cm³/mol. The van der Waals surface area contributed by atoms with Gasteiger partial charge in [-0.25, -0.2) is 4.98 Å². The summed E-state index contributed by atoms with van der Waals surface area (Å²) in [4.78, 5) is 18.8. The van der Waals surface area contributed by atoms with Crippen molar-refractivity contribution in [2.45, 2.75) is 38.0 Å². The summed E-state index contributed by atoms with van der Waals surface area (Å²) in [5, 5.41) is 11.3. The summed E-state index contributed by atoms with van der Waals surface area (Å²) in [6.07, 6.45) is 3.56. The number of likely N-dealkylation sites (tertiary alicyclic amines) is 1. The Morgan fingerprint density at radius 3 is 2.73 bits per heavy atom. The van der Waals surface area contributed by atoms with Crippen molar-refractivity contribution in [2.24, 2.45) is 7.05 Å². The van der Waals surface area contributed by atoms with Crippen LogP contribution in [0.3, 0.4) is 0 Å². The third-order valence-electron chi connectivity index (χ3n) is 6.73. The van der Waals surface area contributed by atoms with Crippen LogP contribution in [0.2, 0.25) is 0 Å². The molecule has 3 heterocycles. The number of nitrogens with zero attached hydrogens (tertiary/aromatic N) is 4. The van der Waals surface area contributed by atoms with Gasteiger partial charge in [-0.05, 0) is 45.0 Å². The number of hydrogen-bond acceptors (Lipinski definition) is 5. The second kappa shape index (κ2) is 10.8. The zero-order valence-electron chi connectivity index (χ0n) is 21.1. The van der Waals surface area contributed by atoms with Crippen molar-refractivity contribution in [3.05, 3.63) is 66.3 Å². The molecular weight excluding hydrogens is 481 g/mol. The van der Waals surface area contributed by atoms with E-state index in [1.807, 2.05) is 6.07 Å². The molecule has 1 aromatic carbocycles. The van der Waals surface area contributed by atoms with E-state index in [2.05, 4.69) is 46.2 Å². The van der Waals surface area contributed by atoms with Crippen LogP contribution in [0.15, 0.2) is 49.3 Å². The SMILES string of the molecule is C=C(c1nc(/C=C/CNC(=O)c2cnn(C)c2)cc2c(N[C@@H]3CCN(C)[C@H](C)C3)cccc12)C(F)(F)F. The zero-order chi connectivity index (χ0) is 26.7. The fraction of sp³-hybridized carbons (Fsp3) is 0.370. The van der Waals surface area contributed by atoms with Gasteiger partial charge < -0.3 is 15.5 Å². The van der Waals surface area contributed by atoms with Crippen molar-refractivity contribution in [3.63, 3.8) is 0 Å². The second-order valence-electron chi connectivity index (χ2n) is 9.48. The Morgan fingerprint density at radius 1 is 1.27 bits per heavy atom. The molecule has 2 atom stereocenters. The fourth-order valence-corrected chi connectivity index (χ4v) is 4.48. The van der Waals surface area contributed by atoms with Gasteiger partial charge in [0.15, 0.2) is 0 Å². The smallest absolute Gasteiger partial charge is 0.382 e. The minimum Gasteiger partial charge on any atom is -0.382 e. The Bertz CT molecular complexity index is 1330. The zero-order valence-corrected chi connectivity index (χ0v) is 21.1. The lowest BCUT2D eigenvalue weighted by atomic mass is 9.97. The van der Waals surface area contributed by atoms with Gasteiger partial charge in [0, 0.05) is 54.9 Å². The Kier molecular flexibility index (Phi) is 7.68. The molecule has 0 aliphatic carbocycles. The molecule has 37 heavy (non-hydrogen) atoms. The Hall–Kier alpha value is -3.66. The number of piperidine rings is 1. The highest BCUT2D eigenvalue weighted by Crippen LogP contribution is 2.37. The van der Waals surface area contributed by atoms with E-state index in [0.717, 1.165) is 25.1 Å². The van der Waals surface area contributed by atoms with E-state index in [1.165, 1.54) is 10.9 Å². The normalized spacial score (nSPS) is 18.9. The highest BCUT2D eigenvalue weighted by molar-refractivity contribution is 6.01. The van der Waals surface area contributed by atoms with E-state index in [0.29, 0.717) is 28.1 Å². The van der Waals surface area contributed by atoms with Crippen LogP contribution in [0.4, 0.5) is 18.9 Å². The summed E-state index contributed by atoms with van der Waals surface area (Å²) >= 11 is 0. The number of allylic oxidation sites excluding steroid dienone is 1. The van der Waals surface area contributed by atoms with Crippen LogP contribution >= 0.6 is 0 Å². The van der Waals surface area contributed by atoms with Gasteiger partial charge in [0.1, 0.15) is 0 Å². The van der Waals surface area contributed by atoms with Crippen LogP contribution in [0.5, 0.6) is 0 Å². The maximum atomic E-state index is 13.7. The van der Waals surface area contributed by atoms with Crippen LogP contribution in [-0.2, 0) is 7.05 Å². The number of alkyl halides is 3. The highest BCUT2D eigenvalue weighted by Gasteiger charge is 2.35. The number of amides is 1. The number of carbonyl (C=O) groups excluding carboxylic acids is 1. The fourth-order valence-electron chi connectivity index (χ4n) is 4.48. The van der Waals surface area contributed by atoms with Gasteiger partial charge in [-0.1, -0.05) is 24.8 Å². The Labute approximate surface area is 214 Å². The van der Waals surface area contributed by atoms with E-state index in [-0.39, 0.29) is 24.2 Å². The van der Waals surface area contributed by atoms with Crippen molar-refractivity contribution in [2.75, 3.05) is 25.5 Å². The molecule has 1 aliphatic heterocycles. The average Bonchev–Trinajstić information content (AvgIpc) is 3.29. The average molecular weight is 513 g/mol. The van der Waals surface area contributed by atoms with Crippen LogP contribution in [-0.4, -0.2) is 64.0 Å². The summed E-state index contributed by atoms with van der Waals surface area (Å²) in [6.45, 7) is 6.59. The molecular formula is C27H31F3N6O. The number of pyridine rings is 1. The first kappa shape index (κ1) is 26.4. The summed E-state index contributed by atoms with van der Waals surface area (Å²) in [6, 6.07) is 7.64. The number of benzene rings is 1. The van der Waals surface area contributed by atoms with E-state index >= 15 is 0 Å². The summed E-state index contributed by atoms with van der Waals surface area (Å²) in [5.41, 5.74) is 0.321. The van der Waals surface area contributed by atoms with Crippen LogP contribution in [0.1, 0.15) is 41.5 Å². The minimum absolute atomic E-state index is 0.177. The van der Waals surface area contributed by atoms with Gasteiger partial charge in [-0.2, -0.15) is 18.3 Å². The number of rotatable bonds is 7. The maximum Gasteiger partial charge on any atom is 0.417 e. The molecule has 2 aromatic heterocycles. The molecule has 10 heteroatoms. The largest absolute Gasteiger partial charge is 0.417 e. The molecule has 3 aromatic rings. The standard InChI is InChI=1S/C27H31F3N6O/c1-17-13-21(10-12-35(17)3)33-24-9-5-8-22-23(24)14-20(34-25(22)18(2)27(28,29)30)7-6-11-31-26(37)19-15-32-36(4)16-19/h5-9,14-17,21,33H,2,10-13H2,1,3-4H3,(H,31,37)/b7-6+/t17-,21-/m1/s1. The first-order valence-electron chi connectivity index (χ1n) is 12.1. The second-order valence-corrected chi connectivity index (χ2v) is 9.48. The molecule has 0 bridgehead atoms. The van der Waals surface area contributed by atoms with Gasteiger partial charge in [-0.15, -0.1) is 0 Å². The molecule has 0 spiro atoms. The molecule has 0 unspecified atom stereocenters. The van der Waals surface area contributed by atoms with Crippen LogP contribution < -0.4 is 10.6 Å². The third kappa shape index (κ3) is 6.19. The first-order chi connectivity index (χ1) is 17.5. The van der Waals surface area contributed by atoms with Gasteiger partial charge in [0.05, 0.1) is 28.7 Å². The number of fused-ring (bicyclic) bond motifs is 1. The van der Waals surface area contributed by atoms with Gasteiger partial charge in [0.25, 0.3) is 5.91 Å². The van der Waals surface area contributed by atoms with E-state index in [4.69, 9.17) is 0 Å². The predicted octanol–water partition coefficient (Wildman–Crippen LogP) is 4.88. The molecule has 1 saturated heterocycles. The molecule has 1 fully saturated rings. The molecule has 0 radical (unpaired) electrons. The van der Waals surface area contributed by atoms with Gasteiger partial charge in [-0.3, -0.25) is 9.48 Å². The third-order valence-corrected chi connectivity index (χ3v) is 6.73. The van der Waals surface area contributed by atoms with Crippen molar-refractivity contribution in [1.29, 1.82) is 0 Å². The molecule has 0 saturated carbocycles. The van der Waals surface area contributed by atoms with E-state index in [1.54, 1.807) is 43.6 Å². The lowest BCUT2D eigenvalue weighted by Crippen LogP contribution is -2.42. The molecule has 7 nitrogen and oxygen atoms in total. The Morgan fingerprint density at radius 2 is 2.05 bits per heavy atom. The van der Waals surface area contributed by atoms with Gasteiger partial charge in [0.2, 0.25) is 0 Å². The minimum atomic E-state index is -4.62. The van der Waals surface area contributed by atoms with E-state index < -0.39 is 11.7 Å². The number of anilines is 1. The number of carbonyl (C=O) groups is 1. The molecule has 196 valence electrons. The first-order valence-corrected chi connectivity index (χ1v) is 12.1. The number of nitrogens with one attached hydrogen (secondary N) is 2. The van der Waals surface area contributed by atoms with Crippen molar-refractivity contribution < 1.29 is 18.0 Å². The van der Waals surface area contributed by atoms with E-state index in [9.17, 15) is 18.0 Å². The van der Waals surface area contributed by atoms with Crippen molar-refractivity contribution in [3.8, 4) is 0 Å². The number of hydrogen-bond donors (Lipinski definition) is 2. The topological polar surface area (TPSA) is 75.1 Å². The number of aryl methyl sites for hydroxylation is 1. The van der Waals surface area contributed by atoms with Gasteiger partial charge >= 0.3 is 6.18 Å². The number of halogens is 3. The molecule has 4 rings (SSSR count). The number of aromatic nitrogens is 3. The Balaban J connectivity index is 1.62. The quantitative estimate of drug-likeness (QED) is 0.472. The highest BCUT2D eigenvalue weighted by atomic mass is 19.4. The maximum absolute atomic E-state index is 13.7. The molecule has 1 amide bonds. The monoisotopic (exact) mass is 512 g/mol. The van der Waals surface area contributed by atoms with Crippen molar-refractivity contribution in [1.82, 2.24) is 25.0 Å². The van der Waals surface area contributed by atoms with Crippen molar-refractivity contribution >= 4 is 34.0 Å². The molecule has 2 N–H and O–H groups in total. The summed E-state index contributed by atoms with van der Waals surface area (Å²) in [5.74, 6) is -0.297. The van der Waals surface area contributed by atoms with Crippen LogP contribution in [0.25, 0.3) is 22.4 Å².